The fraction of sp³-hybridized carbons (Fsp3) is 0.559. The molecule has 5 atom stereocenters. The van der Waals surface area contributed by atoms with Crippen molar-refractivity contribution in [3.8, 4) is 0 Å². The Kier molecular flexibility index (Phi) is 7.39. The zero-order valence-corrected chi connectivity index (χ0v) is 25.2. The van der Waals surface area contributed by atoms with E-state index in [0.717, 1.165) is 32.1 Å². The number of rotatable bonds is 5. The molecule has 1 saturated heterocycles. The summed E-state index contributed by atoms with van der Waals surface area (Å²) in [7, 11) is -2.68. The standard InChI is InChI=1S/C34H46O3Si/c1-32(2,3)38(25-15-9-7-10-16-25,26-17-11-8-12-18-26)36-31-23-24-34(6,37-33(31,4)5)29-21-22-30(35)28-20-14-13-19-27(28)29/h7-13,15-19,27-29,31H,14,20-24H2,1-6H3/t27-,28-,29-,31+,34+/m0/s1. The molecule has 0 N–H and O–H groups in total. The van der Waals surface area contributed by atoms with Crippen LogP contribution in [0.4, 0.5) is 0 Å². The number of carbonyl (C=O) groups excluding carboxylic acids is 1. The van der Waals surface area contributed by atoms with Gasteiger partial charge in [0.15, 0.2) is 0 Å². The van der Waals surface area contributed by atoms with Gasteiger partial charge in [-0.15, -0.1) is 0 Å². The van der Waals surface area contributed by atoms with Gasteiger partial charge in [-0.1, -0.05) is 93.6 Å². The summed E-state index contributed by atoms with van der Waals surface area (Å²) in [6, 6.07) is 21.8. The maximum Gasteiger partial charge on any atom is 0.261 e. The van der Waals surface area contributed by atoms with Crippen LogP contribution < -0.4 is 10.4 Å². The Morgan fingerprint density at radius 3 is 2.05 bits per heavy atom. The summed E-state index contributed by atoms with van der Waals surface area (Å²) in [5.74, 6) is 1.31. The van der Waals surface area contributed by atoms with Crippen molar-refractivity contribution in [3.05, 3.63) is 72.8 Å². The maximum absolute atomic E-state index is 12.8. The Hall–Kier alpha value is -2.01. The molecule has 0 amide bonds. The summed E-state index contributed by atoms with van der Waals surface area (Å²) in [6.45, 7) is 13.8. The number of Topliss-reactive ketones (excluding diaryl/α,β-unsaturated/α-hetero) is 1. The zero-order valence-electron chi connectivity index (χ0n) is 24.2. The van der Waals surface area contributed by atoms with Gasteiger partial charge in [-0.25, -0.2) is 0 Å². The van der Waals surface area contributed by atoms with Gasteiger partial charge in [0, 0.05) is 12.3 Å². The summed E-state index contributed by atoms with van der Waals surface area (Å²) >= 11 is 0. The molecule has 0 unspecified atom stereocenters. The van der Waals surface area contributed by atoms with E-state index in [4.69, 9.17) is 9.16 Å². The lowest BCUT2D eigenvalue weighted by molar-refractivity contribution is -0.237. The van der Waals surface area contributed by atoms with Crippen LogP contribution in [0.15, 0.2) is 72.8 Å². The highest BCUT2D eigenvalue weighted by atomic mass is 28.4. The Bertz CT molecular complexity index is 1110. The fourth-order valence-corrected chi connectivity index (χ4v) is 12.7. The molecule has 1 heterocycles. The Morgan fingerprint density at radius 2 is 1.50 bits per heavy atom. The largest absolute Gasteiger partial charge is 0.402 e. The fourth-order valence-electron chi connectivity index (χ4n) is 7.88. The van der Waals surface area contributed by atoms with E-state index in [2.05, 4.69) is 114 Å². The van der Waals surface area contributed by atoms with Crippen molar-refractivity contribution in [1.29, 1.82) is 0 Å². The molecule has 0 spiro atoms. The predicted octanol–water partition coefficient (Wildman–Crippen LogP) is 6.84. The van der Waals surface area contributed by atoms with Crippen molar-refractivity contribution in [3.63, 3.8) is 0 Å². The minimum absolute atomic E-state index is 0.0233. The Balaban J connectivity index is 1.49. The van der Waals surface area contributed by atoms with E-state index in [9.17, 15) is 4.79 Å². The van der Waals surface area contributed by atoms with Crippen LogP contribution >= 0.6 is 0 Å². The molecule has 0 bridgehead atoms. The van der Waals surface area contributed by atoms with Gasteiger partial charge in [0.1, 0.15) is 5.78 Å². The monoisotopic (exact) mass is 530 g/mol. The minimum Gasteiger partial charge on any atom is -0.402 e. The van der Waals surface area contributed by atoms with E-state index < -0.39 is 13.9 Å². The van der Waals surface area contributed by atoms with E-state index in [-0.39, 0.29) is 22.7 Å². The second-order valence-corrected chi connectivity index (χ2v) is 17.9. The first-order valence-electron chi connectivity index (χ1n) is 14.7. The van der Waals surface area contributed by atoms with Crippen LogP contribution in [-0.2, 0) is 14.0 Å². The smallest absolute Gasteiger partial charge is 0.261 e. The quantitative estimate of drug-likeness (QED) is 0.314. The lowest BCUT2D eigenvalue weighted by atomic mass is 9.61. The molecule has 4 heteroatoms. The molecule has 5 rings (SSSR count). The van der Waals surface area contributed by atoms with Crippen LogP contribution in [0.25, 0.3) is 0 Å². The van der Waals surface area contributed by atoms with E-state index in [1.807, 2.05) is 0 Å². The molecule has 2 aliphatic carbocycles. The van der Waals surface area contributed by atoms with E-state index in [0.29, 0.717) is 24.0 Å². The zero-order chi connectivity index (χ0) is 27.2. The number of ketones is 1. The third kappa shape index (κ3) is 4.78. The molecule has 0 radical (unpaired) electrons. The van der Waals surface area contributed by atoms with Crippen LogP contribution in [0.5, 0.6) is 0 Å². The summed E-state index contributed by atoms with van der Waals surface area (Å²) in [6.07, 6.45) is 10.2. The summed E-state index contributed by atoms with van der Waals surface area (Å²) < 4.78 is 14.8. The molecule has 38 heavy (non-hydrogen) atoms. The van der Waals surface area contributed by atoms with Crippen LogP contribution in [0.1, 0.15) is 80.1 Å². The van der Waals surface area contributed by atoms with Gasteiger partial charge in [-0.2, -0.15) is 0 Å². The number of allylic oxidation sites excluding steroid dienone is 2. The van der Waals surface area contributed by atoms with Crippen molar-refractivity contribution >= 4 is 24.5 Å². The molecule has 204 valence electrons. The molecule has 1 saturated carbocycles. The molecule has 2 aromatic carbocycles. The first kappa shape index (κ1) is 27.5. The highest BCUT2D eigenvalue weighted by Gasteiger charge is 2.57. The van der Waals surface area contributed by atoms with Gasteiger partial charge in [0.25, 0.3) is 8.32 Å². The number of hydrogen-bond acceptors (Lipinski definition) is 3. The number of hydrogen-bond donors (Lipinski definition) is 0. The van der Waals surface area contributed by atoms with Crippen LogP contribution in [-0.4, -0.2) is 31.4 Å². The molecule has 2 fully saturated rings. The van der Waals surface area contributed by atoms with Gasteiger partial charge in [-0.3, -0.25) is 4.79 Å². The van der Waals surface area contributed by atoms with Gasteiger partial charge in [0.2, 0.25) is 0 Å². The molecular formula is C34H46O3Si. The van der Waals surface area contributed by atoms with Gasteiger partial charge < -0.3 is 9.16 Å². The van der Waals surface area contributed by atoms with Gasteiger partial charge in [0.05, 0.1) is 17.3 Å². The van der Waals surface area contributed by atoms with Gasteiger partial charge in [-0.05, 0) is 80.1 Å². The number of fused-ring (bicyclic) bond motifs is 1. The van der Waals surface area contributed by atoms with Crippen LogP contribution in [0, 0.1) is 17.8 Å². The number of ether oxygens (including phenoxy) is 1. The van der Waals surface area contributed by atoms with E-state index in [1.54, 1.807) is 0 Å². The minimum atomic E-state index is -2.68. The van der Waals surface area contributed by atoms with Crippen molar-refractivity contribution < 1.29 is 14.0 Å². The third-order valence-corrected chi connectivity index (χ3v) is 14.8. The predicted molar refractivity (Wildman–Crippen MR) is 158 cm³/mol. The molecular weight excluding hydrogens is 484 g/mol. The number of carbonyl (C=O) groups is 1. The molecule has 2 aromatic rings. The molecule has 0 aromatic heterocycles. The van der Waals surface area contributed by atoms with E-state index >= 15 is 0 Å². The maximum atomic E-state index is 12.8. The topological polar surface area (TPSA) is 35.5 Å². The van der Waals surface area contributed by atoms with Gasteiger partial charge >= 0.3 is 0 Å². The second-order valence-electron chi connectivity index (χ2n) is 13.6. The molecule has 3 aliphatic rings. The number of benzene rings is 2. The van der Waals surface area contributed by atoms with Crippen LogP contribution in [0.2, 0.25) is 5.04 Å². The lowest BCUT2D eigenvalue weighted by Gasteiger charge is -2.56. The second kappa shape index (κ2) is 10.2. The van der Waals surface area contributed by atoms with Crippen molar-refractivity contribution in [2.75, 3.05) is 0 Å². The Labute approximate surface area is 231 Å². The molecule has 3 nitrogen and oxygen atoms in total. The van der Waals surface area contributed by atoms with Crippen molar-refractivity contribution in [2.24, 2.45) is 17.8 Å². The summed E-state index contributed by atoms with van der Waals surface area (Å²) in [5, 5.41) is 2.55. The first-order chi connectivity index (χ1) is 18.0. The summed E-state index contributed by atoms with van der Waals surface area (Å²) in [4.78, 5) is 12.8. The average Bonchev–Trinajstić information content (AvgIpc) is 2.88. The van der Waals surface area contributed by atoms with E-state index in [1.165, 1.54) is 10.4 Å². The first-order valence-corrected chi connectivity index (χ1v) is 16.6. The Morgan fingerprint density at radius 1 is 0.895 bits per heavy atom. The molecule has 1 aliphatic heterocycles. The van der Waals surface area contributed by atoms with Crippen molar-refractivity contribution in [2.45, 2.75) is 102 Å². The average molecular weight is 531 g/mol. The van der Waals surface area contributed by atoms with Crippen molar-refractivity contribution in [1.82, 2.24) is 0 Å². The third-order valence-electron chi connectivity index (χ3n) is 9.74. The lowest BCUT2D eigenvalue weighted by Crippen LogP contribution is -2.70. The highest BCUT2D eigenvalue weighted by molar-refractivity contribution is 6.99. The summed E-state index contributed by atoms with van der Waals surface area (Å²) in [5.41, 5.74) is -0.713. The normalized spacial score (nSPS) is 31.6. The highest BCUT2D eigenvalue weighted by Crippen LogP contribution is 2.51. The van der Waals surface area contributed by atoms with Crippen LogP contribution in [0.3, 0.4) is 0 Å². The SMILES string of the molecule is CC1(C)O[C@@](C)([C@H]2CCC(=O)[C@H]3CCC=C[C@@H]32)CC[C@H]1O[Si](c1ccccc1)(c1ccccc1)C(C)(C)C.